The standard InChI is InChI=1S/C18H22N4O3/c23-16(19-11-15-7-4-10-25-15)12-21-18(24)22(14-5-2-1-3-6-14)17(20-21)13-8-9-13/h1-3,5-6,13,15H,4,7-12H2,(H,19,23). The molecule has 0 radical (unpaired) electrons. The lowest BCUT2D eigenvalue weighted by atomic mass is 10.2. The van der Waals surface area contributed by atoms with Crippen molar-refractivity contribution in [2.75, 3.05) is 13.2 Å². The van der Waals surface area contributed by atoms with Crippen molar-refractivity contribution in [3.8, 4) is 5.69 Å². The second-order valence-corrected chi connectivity index (χ2v) is 6.68. The van der Waals surface area contributed by atoms with Crippen LogP contribution in [0, 0.1) is 0 Å². The zero-order valence-electron chi connectivity index (χ0n) is 14.1. The number of rotatable bonds is 6. The maximum atomic E-state index is 12.8. The molecule has 1 aromatic heterocycles. The molecule has 1 aromatic carbocycles. The third-order valence-electron chi connectivity index (χ3n) is 4.67. The summed E-state index contributed by atoms with van der Waals surface area (Å²) in [5.41, 5.74) is 0.529. The summed E-state index contributed by atoms with van der Waals surface area (Å²) in [5.74, 6) is 0.852. The summed E-state index contributed by atoms with van der Waals surface area (Å²) < 4.78 is 8.39. The Morgan fingerprint density at radius 1 is 1.24 bits per heavy atom. The van der Waals surface area contributed by atoms with Crippen LogP contribution >= 0.6 is 0 Å². The van der Waals surface area contributed by atoms with Crippen molar-refractivity contribution in [2.24, 2.45) is 0 Å². The predicted molar refractivity (Wildman–Crippen MR) is 91.8 cm³/mol. The number of hydrogen-bond donors (Lipinski definition) is 1. The average Bonchev–Trinajstić information content (AvgIpc) is 3.24. The second kappa shape index (κ2) is 6.84. The van der Waals surface area contributed by atoms with Gasteiger partial charge in [-0.3, -0.25) is 4.79 Å². The van der Waals surface area contributed by atoms with Gasteiger partial charge >= 0.3 is 5.69 Å². The smallest absolute Gasteiger partial charge is 0.351 e. The van der Waals surface area contributed by atoms with Gasteiger partial charge in [-0.15, -0.1) is 0 Å². The van der Waals surface area contributed by atoms with Gasteiger partial charge in [-0.2, -0.15) is 5.10 Å². The molecule has 0 spiro atoms. The summed E-state index contributed by atoms with van der Waals surface area (Å²) in [6, 6.07) is 9.47. The number of nitrogens with one attached hydrogen (secondary N) is 1. The first-order chi connectivity index (χ1) is 12.2. The summed E-state index contributed by atoms with van der Waals surface area (Å²) >= 11 is 0. The molecule has 2 aliphatic rings. The van der Waals surface area contributed by atoms with Gasteiger partial charge in [-0.1, -0.05) is 18.2 Å². The highest BCUT2D eigenvalue weighted by Gasteiger charge is 2.31. The number of benzene rings is 1. The highest BCUT2D eigenvalue weighted by atomic mass is 16.5. The molecule has 1 aliphatic heterocycles. The molecule has 7 nitrogen and oxygen atoms in total. The number of amides is 1. The van der Waals surface area contributed by atoms with Crippen molar-refractivity contribution < 1.29 is 9.53 Å². The minimum absolute atomic E-state index is 0.0644. The summed E-state index contributed by atoms with van der Waals surface area (Å²) in [4.78, 5) is 25.0. The zero-order valence-corrected chi connectivity index (χ0v) is 14.1. The molecular weight excluding hydrogens is 320 g/mol. The molecule has 1 saturated heterocycles. The molecule has 25 heavy (non-hydrogen) atoms. The van der Waals surface area contributed by atoms with E-state index in [2.05, 4.69) is 10.4 Å². The van der Waals surface area contributed by atoms with Gasteiger partial charge in [0.2, 0.25) is 5.91 Å². The fraction of sp³-hybridized carbons (Fsp3) is 0.500. The van der Waals surface area contributed by atoms with Gasteiger partial charge in [-0.25, -0.2) is 14.0 Å². The quantitative estimate of drug-likeness (QED) is 0.856. The molecule has 2 fully saturated rings. The molecule has 1 unspecified atom stereocenters. The van der Waals surface area contributed by atoms with E-state index in [1.165, 1.54) is 4.68 Å². The van der Waals surface area contributed by atoms with Gasteiger partial charge in [0.05, 0.1) is 11.8 Å². The zero-order chi connectivity index (χ0) is 17.2. The van der Waals surface area contributed by atoms with Crippen LogP contribution in [-0.4, -0.2) is 39.5 Å². The molecule has 1 atom stereocenters. The Morgan fingerprint density at radius 2 is 2.04 bits per heavy atom. The Hall–Kier alpha value is -2.41. The Balaban J connectivity index is 1.52. The van der Waals surface area contributed by atoms with Gasteiger partial charge in [-0.05, 0) is 37.8 Å². The fourth-order valence-corrected chi connectivity index (χ4v) is 3.18. The molecule has 1 amide bonds. The van der Waals surface area contributed by atoms with Crippen molar-refractivity contribution >= 4 is 5.91 Å². The van der Waals surface area contributed by atoms with Crippen LogP contribution in [0.5, 0.6) is 0 Å². The van der Waals surface area contributed by atoms with Gasteiger partial charge < -0.3 is 10.1 Å². The lowest BCUT2D eigenvalue weighted by molar-refractivity contribution is -0.122. The minimum Gasteiger partial charge on any atom is -0.376 e. The summed E-state index contributed by atoms with van der Waals surface area (Å²) in [6.07, 6.45) is 4.16. The van der Waals surface area contributed by atoms with E-state index in [4.69, 9.17) is 4.74 Å². The van der Waals surface area contributed by atoms with Crippen LogP contribution in [0.3, 0.4) is 0 Å². The summed E-state index contributed by atoms with van der Waals surface area (Å²) in [5, 5.41) is 7.28. The van der Waals surface area contributed by atoms with Crippen molar-refractivity contribution in [1.29, 1.82) is 0 Å². The molecule has 1 N–H and O–H groups in total. The van der Waals surface area contributed by atoms with Crippen LogP contribution in [0.25, 0.3) is 5.69 Å². The Morgan fingerprint density at radius 3 is 2.72 bits per heavy atom. The predicted octanol–water partition coefficient (Wildman–Crippen LogP) is 1.21. The Bertz CT molecular complexity index is 801. The molecule has 7 heteroatoms. The van der Waals surface area contributed by atoms with E-state index in [0.29, 0.717) is 12.5 Å². The van der Waals surface area contributed by atoms with Crippen molar-refractivity contribution in [1.82, 2.24) is 19.7 Å². The third kappa shape index (κ3) is 3.51. The second-order valence-electron chi connectivity index (χ2n) is 6.68. The van der Waals surface area contributed by atoms with Crippen molar-refractivity contribution in [3.05, 3.63) is 46.6 Å². The maximum absolute atomic E-state index is 12.8. The minimum atomic E-state index is -0.264. The molecular formula is C18H22N4O3. The number of hydrogen-bond acceptors (Lipinski definition) is 4. The van der Waals surface area contributed by atoms with Crippen molar-refractivity contribution in [3.63, 3.8) is 0 Å². The molecule has 2 aromatic rings. The Kier molecular flexibility index (Phi) is 4.40. The highest BCUT2D eigenvalue weighted by molar-refractivity contribution is 5.75. The largest absolute Gasteiger partial charge is 0.376 e. The molecule has 1 aliphatic carbocycles. The van der Waals surface area contributed by atoms with Crippen LogP contribution in [0.1, 0.15) is 37.4 Å². The van der Waals surface area contributed by atoms with Crippen LogP contribution in [0.2, 0.25) is 0 Å². The van der Waals surface area contributed by atoms with E-state index < -0.39 is 0 Å². The van der Waals surface area contributed by atoms with Gasteiger partial charge in [0.25, 0.3) is 0 Å². The van der Waals surface area contributed by atoms with E-state index in [0.717, 1.165) is 43.8 Å². The number of ether oxygens (including phenoxy) is 1. The number of carbonyl (C=O) groups excluding carboxylic acids is 1. The number of carbonyl (C=O) groups is 1. The number of aromatic nitrogens is 3. The number of nitrogens with zero attached hydrogens (tertiary/aromatic N) is 3. The van der Waals surface area contributed by atoms with Gasteiger partial charge in [0.15, 0.2) is 0 Å². The first-order valence-corrected chi connectivity index (χ1v) is 8.86. The first kappa shape index (κ1) is 16.1. The van der Waals surface area contributed by atoms with E-state index in [1.54, 1.807) is 4.57 Å². The fourth-order valence-electron chi connectivity index (χ4n) is 3.18. The van der Waals surface area contributed by atoms with Crippen LogP contribution in [-0.2, 0) is 16.1 Å². The lowest BCUT2D eigenvalue weighted by Gasteiger charge is -2.10. The lowest BCUT2D eigenvalue weighted by Crippen LogP contribution is -2.37. The molecule has 4 rings (SSSR count). The number of para-hydroxylation sites is 1. The summed E-state index contributed by atoms with van der Waals surface area (Å²) in [7, 11) is 0. The van der Waals surface area contributed by atoms with E-state index in [9.17, 15) is 9.59 Å². The maximum Gasteiger partial charge on any atom is 0.351 e. The van der Waals surface area contributed by atoms with E-state index in [-0.39, 0.29) is 24.2 Å². The topological polar surface area (TPSA) is 78.2 Å². The molecule has 0 bridgehead atoms. The third-order valence-corrected chi connectivity index (χ3v) is 4.67. The van der Waals surface area contributed by atoms with Crippen LogP contribution in [0.15, 0.2) is 35.1 Å². The normalized spacial score (nSPS) is 19.9. The van der Waals surface area contributed by atoms with Gasteiger partial charge in [0, 0.05) is 19.1 Å². The van der Waals surface area contributed by atoms with Gasteiger partial charge in [0.1, 0.15) is 12.4 Å². The average molecular weight is 342 g/mol. The molecule has 1 saturated carbocycles. The first-order valence-electron chi connectivity index (χ1n) is 8.86. The SMILES string of the molecule is O=C(Cn1nc(C2CC2)n(-c2ccccc2)c1=O)NCC1CCCO1. The highest BCUT2D eigenvalue weighted by Crippen LogP contribution is 2.39. The van der Waals surface area contributed by atoms with Crippen LogP contribution in [0.4, 0.5) is 0 Å². The van der Waals surface area contributed by atoms with Crippen molar-refractivity contribution in [2.45, 2.75) is 44.2 Å². The monoisotopic (exact) mass is 342 g/mol. The summed E-state index contributed by atoms with van der Waals surface area (Å²) in [6.45, 7) is 1.18. The molecule has 2 heterocycles. The van der Waals surface area contributed by atoms with Crippen LogP contribution < -0.4 is 11.0 Å². The van der Waals surface area contributed by atoms with E-state index in [1.807, 2.05) is 30.3 Å². The molecule has 132 valence electrons. The van der Waals surface area contributed by atoms with E-state index >= 15 is 0 Å². The Labute approximate surface area is 145 Å².